The first-order chi connectivity index (χ1) is 16.8. The Morgan fingerprint density at radius 2 is 1.38 bits per heavy atom. The number of phenolic OH excluding ortho intramolecular Hbond substituents is 2. The molecule has 0 saturated carbocycles. The van der Waals surface area contributed by atoms with E-state index < -0.39 is 84.3 Å². The summed E-state index contributed by atoms with van der Waals surface area (Å²) in [6.07, 6.45) is 0. The minimum atomic E-state index is -0.596. The van der Waals surface area contributed by atoms with Crippen LogP contribution in [0.2, 0.25) is 0 Å². The van der Waals surface area contributed by atoms with Crippen LogP contribution in [-0.4, -0.2) is 27.4 Å². The second kappa shape index (κ2) is 8.32. The lowest BCUT2D eigenvalue weighted by atomic mass is 10.1. The van der Waals surface area contributed by atoms with E-state index in [4.69, 9.17) is 13.7 Å². The summed E-state index contributed by atoms with van der Waals surface area (Å²) in [5.41, 5.74) is -0.290. The van der Waals surface area contributed by atoms with E-state index in [0.29, 0.717) is 0 Å². The van der Waals surface area contributed by atoms with Crippen molar-refractivity contribution in [1.82, 2.24) is 4.90 Å². The Morgan fingerprint density at radius 3 is 1.88 bits per heavy atom. The average Bonchev–Trinajstić information content (AvgIpc) is 2.85. The first-order valence-corrected chi connectivity index (χ1v) is 7.65. The van der Waals surface area contributed by atoms with Gasteiger partial charge in [0.15, 0.2) is 17.3 Å². The maximum Gasteiger partial charge on any atom is 0.176 e. The zero-order valence-electron chi connectivity index (χ0n) is 23.6. The third kappa shape index (κ3) is 4.71. The van der Waals surface area contributed by atoms with Crippen molar-refractivity contribution in [3.8, 4) is 11.5 Å². The zero-order valence-corrected chi connectivity index (χ0v) is 13.6. The number of carbonyl (C=O) groups is 1. The molecular formula is C22H21NO3. The molecule has 0 aliphatic heterocycles. The van der Waals surface area contributed by atoms with Crippen LogP contribution in [0.25, 0.3) is 0 Å². The van der Waals surface area contributed by atoms with E-state index in [1.54, 1.807) is 0 Å². The summed E-state index contributed by atoms with van der Waals surface area (Å²) in [5, 5.41) is 19.3. The van der Waals surface area contributed by atoms with Gasteiger partial charge in [0.25, 0.3) is 0 Å². The van der Waals surface area contributed by atoms with Gasteiger partial charge in [0.05, 0.1) is 20.3 Å². The van der Waals surface area contributed by atoms with Gasteiger partial charge in [0.1, 0.15) is 0 Å². The van der Waals surface area contributed by atoms with Gasteiger partial charge in [-0.15, -0.1) is 0 Å². The van der Waals surface area contributed by atoms with Gasteiger partial charge in [0.2, 0.25) is 0 Å². The van der Waals surface area contributed by atoms with E-state index in [0.717, 1.165) is 12.1 Å². The number of hydrogen-bond donors (Lipinski definition) is 2. The highest BCUT2D eigenvalue weighted by atomic mass is 16.3. The molecule has 0 aliphatic rings. The lowest BCUT2D eigenvalue weighted by Gasteiger charge is -2.22. The SMILES string of the molecule is [2H]c1c([2H])c([2H])c(CN(CC(=O)c2ccc(O)c(O)c2)Cc2c([2H])c([2H])c([2H])c([2H])c2[2H])c([2H])c1[2H]. The number of rotatable bonds is 7. The Kier molecular flexibility index (Phi) is 2.88. The molecule has 0 fully saturated rings. The normalized spacial score (nSPS) is 16.2. The molecule has 132 valence electrons. The summed E-state index contributed by atoms with van der Waals surface area (Å²) in [5.74, 6) is -1.57. The van der Waals surface area contributed by atoms with Gasteiger partial charge >= 0.3 is 0 Å². The van der Waals surface area contributed by atoms with Crippen molar-refractivity contribution < 1.29 is 28.7 Å². The molecule has 3 aromatic carbocycles. The molecule has 0 radical (unpaired) electrons. The molecular weight excluding hydrogens is 326 g/mol. The summed E-state index contributed by atoms with van der Waals surface area (Å²) in [6, 6.07) is -2.11. The highest BCUT2D eigenvalue weighted by Gasteiger charge is 2.15. The van der Waals surface area contributed by atoms with E-state index in [9.17, 15) is 15.0 Å². The van der Waals surface area contributed by atoms with Crippen LogP contribution >= 0.6 is 0 Å². The maximum absolute atomic E-state index is 13.0. The van der Waals surface area contributed by atoms with Gasteiger partial charge in [-0.2, -0.15) is 0 Å². The molecule has 3 aromatic rings. The van der Waals surface area contributed by atoms with Crippen LogP contribution in [-0.2, 0) is 13.1 Å². The van der Waals surface area contributed by atoms with Crippen LogP contribution in [0.5, 0.6) is 11.5 Å². The van der Waals surface area contributed by atoms with Crippen molar-refractivity contribution in [1.29, 1.82) is 0 Å². The highest BCUT2D eigenvalue weighted by molar-refractivity contribution is 5.98. The number of Topliss-reactive ketones (excluding diaryl/α,β-unsaturated/α-hetero) is 1. The molecule has 2 N–H and O–H groups in total. The van der Waals surface area contributed by atoms with Crippen LogP contribution < -0.4 is 0 Å². The fraction of sp³-hybridized carbons (Fsp3) is 0.136. The molecule has 0 heterocycles. The fourth-order valence-corrected chi connectivity index (χ4v) is 2.32. The summed E-state index contributed by atoms with van der Waals surface area (Å²) in [6.45, 7) is -1.23. The molecule has 4 heteroatoms. The number of ketones is 1. The molecule has 0 unspecified atom stereocenters. The van der Waals surface area contributed by atoms with Gasteiger partial charge in [-0.1, -0.05) is 60.4 Å². The number of nitrogens with zero attached hydrogens (tertiary/aromatic N) is 1. The Bertz CT molecular complexity index is 1250. The Hall–Kier alpha value is -3.11. The van der Waals surface area contributed by atoms with E-state index in [1.165, 1.54) is 11.0 Å². The molecule has 0 saturated heterocycles. The van der Waals surface area contributed by atoms with E-state index >= 15 is 0 Å². The van der Waals surface area contributed by atoms with Crippen molar-refractivity contribution in [3.05, 3.63) is 95.3 Å². The number of aromatic hydroxyl groups is 2. The van der Waals surface area contributed by atoms with Crippen molar-refractivity contribution in [2.75, 3.05) is 6.54 Å². The maximum atomic E-state index is 13.0. The van der Waals surface area contributed by atoms with Crippen molar-refractivity contribution in [3.63, 3.8) is 0 Å². The highest BCUT2D eigenvalue weighted by Crippen LogP contribution is 2.25. The van der Waals surface area contributed by atoms with Crippen LogP contribution in [0.1, 0.15) is 35.2 Å². The number of carbonyl (C=O) groups excluding carboxylic acids is 1. The van der Waals surface area contributed by atoms with Crippen molar-refractivity contribution in [2.45, 2.75) is 13.1 Å². The molecule has 0 amide bonds. The average molecular weight is 357 g/mol. The Labute approximate surface area is 167 Å². The molecule has 0 aliphatic carbocycles. The van der Waals surface area contributed by atoms with Crippen molar-refractivity contribution in [2.24, 2.45) is 0 Å². The predicted octanol–water partition coefficient (Wildman–Crippen LogP) is 3.98. The van der Waals surface area contributed by atoms with Crippen LogP contribution in [0, 0.1) is 0 Å². The molecule has 0 spiro atoms. The van der Waals surface area contributed by atoms with Gasteiger partial charge in [-0.05, 0) is 29.3 Å². The summed E-state index contributed by atoms with van der Waals surface area (Å²) >= 11 is 0. The van der Waals surface area contributed by atoms with E-state index in [1.807, 2.05) is 0 Å². The zero-order chi connectivity index (χ0) is 27.1. The third-order valence-corrected chi connectivity index (χ3v) is 3.53. The molecule has 26 heavy (non-hydrogen) atoms. The lowest BCUT2D eigenvalue weighted by molar-refractivity contribution is 0.0920. The third-order valence-electron chi connectivity index (χ3n) is 3.53. The first kappa shape index (κ1) is 9.01. The second-order valence-corrected chi connectivity index (χ2v) is 5.48. The predicted molar refractivity (Wildman–Crippen MR) is 101 cm³/mol. The second-order valence-electron chi connectivity index (χ2n) is 5.48. The Morgan fingerprint density at radius 1 is 0.846 bits per heavy atom. The minimum absolute atomic E-state index is 0.00239. The topological polar surface area (TPSA) is 60.8 Å². The largest absolute Gasteiger partial charge is 0.504 e. The van der Waals surface area contributed by atoms with E-state index in [2.05, 4.69) is 0 Å². The standard InChI is InChI=1S/C22H21NO3/c24-20-12-11-19(13-21(20)25)22(26)16-23(14-17-7-3-1-4-8-17)15-18-9-5-2-6-10-18/h1-13,24-25H,14-16H2/i1D,2D,3D,4D,5D,6D,7D,8D,9D,10D. The molecule has 0 bridgehead atoms. The molecule has 0 aromatic heterocycles. The van der Waals surface area contributed by atoms with E-state index in [-0.39, 0.29) is 29.8 Å². The van der Waals surface area contributed by atoms with Gasteiger partial charge in [0, 0.05) is 18.7 Å². The fourth-order valence-electron chi connectivity index (χ4n) is 2.32. The minimum Gasteiger partial charge on any atom is -0.504 e. The van der Waals surface area contributed by atoms with Gasteiger partial charge in [-0.25, -0.2) is 0 Å². The van der Waals surface area contributed by atoms with Crippen LogP contribution in [0.4, 0.5) is 0 Å². The van der Waals surface area contributed by atoms with Gasteiger partial charge in [-0.3, -0.25) is 9.69 Å². The quantitative estimate of drug-likeness (QED) is 0.496. The number of benzene rings is 3. The molecule has 0 atom stereocenters. The monoisotopic (exact) mass is 357 g/mol. The number of hydrogen-bond acceptors (Lipinski definition) is 4. The lowest BCUT2D eigenvalue weighted by Crippen LogP contribution is -2.29. The molecule has 4 nitrogen and oxygen atoms in total. The summed E-state index contributed by atoms with van der Waals surface area (Å²) < 4.78 is 79.8. The van der Waals surface area contributed by atoms with Crippen LogP contribution in [0.15, 0.2) is 78.6 Å². The Balaban J connectivity index is 2.09. The smallest absolute Gasteiger partial charge is 0.176 e. The van der Waals surface area contributed by atoms with Crippen LogP contribution in [0.3, 0.4) is 0 Å². The van der Waals surface area contributed by atoms with Gasteiger partial charge < -0.3 is 10.2 Å². The number of phenols is 2. The summed E-state index contributed by atoms with van der Waals surface area (Å²) in [7, 11) is 0. The molecule has 3 rings (SSSR count). The summed E-state index contributed by atoms with van der Waals surface area (Å²) in [4.78, 5) is 14.3. The van der Waals surface area contributed by atoms with Crippen molar-refractivity contribution >= 4 is 5.78 Å². The first-order valence-electron chi connectivity index (χ1n) is 12.6.